The molecule has 3 aliphatic rings. The molecule has 1 aromatic heterocycles. The topological polar surface area (TPSA) is 32.3 Å². The first-order valence-electron chi connectivity index (χ1n) is 8.73. The highest BCUT2D eigenvalue weighted by molar-refractivity contribution is 7.20. The summed E-state index contributed by atoms with van der Waals surface area (Å²) in [6.07, 6.45) is 2.19. The lowest BCUT2D eigenvalue weighted by atomic mass is 9.72. The quantitative estimate of drug-likeness (QED) is 0.870. The summed E-state index contributed by atoms with van der Waals surface area (Å²) in [6, 6.07) is 2.98. The van der Waals surface area contributed by atoms with Gasteiger partial charge in [0.15, 0.2) is 0 Å². The second kappa shape index (κ2) is 5.74. The number of carbonyl (C=O) groups excluding carboxylic acids is 1. The minimum absolute atomic E-state index is 0.000156. The van der Waals surface area contributed by atoms with Crippen molar-refractivity contribution in [3.8, 4) is 0 Å². The van der Waals surface area contributed by atoms with Gasteiger partial charge in [-0.05, 0) is 70.1 Å². The molecule has 0 radical (unpaired) electrons. The largest absolute Gasteiger partial charge is 0.346 e. The number of nitrogens with zero attached hydrogens (tertiary/aromatic N) is 1. The third kappa shape index (κ3) is 2.57. The van der Waals surface area contributed by atoms with E-state index in [0.717, 1.165) is 37.3 Å². The number of fused-ring (bicyclic) bond motifs is 4. The van der Waals surface area contributed by atoms with Gasteiger partial charge in [0.05, 0.1) is 9.58 Å². The summed E-state index contributed by atoms with van der Waals surface area (Å²) >= 11 is 1.10. The maximum absolute atomic E-state index is 14.3. The molecule has 1 N–H and O–H groups in total. The first kappa shape index (κ1) is 16.9. The van der Waals surface area contributed by atoms with E-state index < -0.39 is 11.6 Å². The molecule has 3 aliphatic heterocycles. The second-order valence-electron chi connectivity index (χ2n) is 7.76. The molecule has 3 fully saturated rings. The molecule has 0 saturated carbocycles. The van der Waals surface area contributed by atoms with Gasteiger partial charge in [-0.25, -0.2) is 8.78 Å². The van der Waals surface area contributed by atoms with Gasteiger partial charge in [0.25, 0.3) is 5.91 Å². The van der Waals surface area contributed by atoms with Gasteiger partial charge in [-0.1, -0.05) is 0 Å². The molecule has 134 valence electrons. The van der Waals surface area contributed by atoms with E-state index in [0.29, 0.717) is 20.9 Å². The van der Waals surface area contributed by atoms with Crippen molar-refractivity contribution in [2.75, 3.05) is 13.1 Å². The Kier molecular flexibility index (Phi) is 3.88. The van der Waals surface area contributed by atoms with Gasteiger partial charge in [-0.3, -0.25) is 9.69 Å². The van der Waals surface area contributed by atoms with Crippen molar-refractivity contribution in [3.63, 3.8) is 0 Å². The van der Waals surface area contributed by atoms with Crippen LogP contribution in [0.25, 0.3) is 10.1 Å². The summed E-state index contributed by atoms with van der Waals surface area (Å²) < 4.78 is 28.4. The smallest absolute Gasteiger partial charge is 0.261 e. The van der Waals surface area contributed by atoms with Crippen molar-refractivity contribution < 1.29 is 13.6 Å². The molecule has 3 nitrogen and oxygen atoms in total. The van der Waals surface area contributed by atoms with Crippen LogP contribution in [0.15, 0.2) is 12.1 Å². The van der Waals surface area contributed by atoms with E-state index >= 15 is 0 Å². The predicted molar refractivity (Wildman–Crippen MR) is 96.1 cm³/mol. The van der Waals surface area contributed by atoms with Crippen molar-refractivity contribution in [3.05, 3.63) is 34.2 Å². The predicted octanol–water partition coefficient (Wildman–Crippen LogP) is 4.09. The number of hydrogen-bond donors (Lipinski definition) is 1. The van der Waals surface area contributed by atoms with Crippen LogP contribution < -0.4 is 5.32 Å². The average Bonchev–Trinajstić information content (AvgIpc) is 3.00. The number of nitrogens with one attached hydrogen (secondary N) is 1. The number of carbonyl (C=O) groups is 1. The van der Waals surface area contributed by atoms with Crippen LogP contribution in [0.2, 0.25) is 0 Å². The molecule has 25 heavy (non-hydrogen) atoms. The van der Waals surface area contributed by atoms with Gasteiger partial charge in [0, 0.05) is 17.1 Å². The van der Waals surface area contributed by atoms with Crippen molar-refractivity contribution in [1.82, 2.24) is 10.2 Å². The third-order valence-corrected chi connectivity index (χ3v) is 7.17. The number of piperidine rings is 3. The molecule has 0 spiro atoms. The molecule has 6 heteroatoms. The minimum atomic E-state index is -0.576. The first-order valence-corrected chi connectivity index (χ1v) is 9.54. The Morgan fingerprint density at radius 3 is 2.60 bits per heavy atom. The van der Waals surface area contributed by atoms with Gasteiger partial charge in [0.2, 0.25) is 0 Å². The van der Waals surface area contributed by atoms with Crippen LogP contribution in [0.4, 0.5) is 8.78 Å². The molecule has 1 amide bonds. The highest BCUT2D eigenvalue weighted by Gasteiger charge is 2.48. The fourth-order valence-electron chi connectivity index (χ4n) is 4.41. The summed E-state index contributed by atoms with van der Waals surface area (Å²) in [4.78, 5) is 15.7. The van der Waals surface area contributed by atoms with Crippen LogP contribution in [0, 0.1) is 24.5 Å². The van der Waals surface area contributed by atoms with Crippen LogP contribution in [0.5, 0.6) is 0 Å². The van der Waals surface area contributed by atoms with Crippen LogP contribution >= 0.6 is 11.3 Å². The second-order valence-corrected chi connectivity index (χ2v) is 8.81. The number of thiophene rings is 1. The first-order chi connectivity index (χ1) is 11.8. The molecular formula is C19H22F2N2OS. The molecular weight excluding hydrogens is 342 g/mol. The zero-order valence-electron chi connectivity index (χ0n) is 14.7. The van der Waals surface area contributed by atoms with E-state index in [1.165, 1.54) is 13.0 Å². The Morgan fingerprint density at radius 1 is 1.28 bits per heavy atom. The Morgan fingerprint density at radius 2 is 1.96 bits per heavy atom. The molecule has 1 unspecified atom stereocenters. The number of hydrogen-bond acceptors (Lipinski definition) is 3. The monoisotopic (exact) mass is 364 g/mol. The summed E-state index contributed by atoms with van der Waals surface area (Å²) in [5, 5.41) is 3.63. The normalized spacial score (nSPS) is 27.6. The fourth-order valence-corrected chi connectivity index (χ4v) is 5.44. The van der Waals surface area contributed by atoms with Crippen molar-refractivity contribution in [1.29, 1.82) is 0 Å². The standard InChI is InChI=1S/C19H22F2N2OS/c1-10-13(20)8-12-9-14(25-16(12)15(10)21)18(24)22-17-11-4-6-23(7-5-11)19(17,2)3/h8-9,11,17H,4-7H2,1-3H3,(H,22,24). The van der Waals surface area contributed by atoms with E-state index in [1.807, 2.05) is 0 Å². The molecule has 2 bridgehead atoms. The van der Waals surface area contributed by atoms with E-state index in [-0.39, 0.29) is 23.1 Å². The van der Waals surface area contributed by atoms with Gasteiger partial charge in [-0.2, -0.15) is 0 Å². The minimum Gasteiger partial charge on any atom is -0.346 e. The van der Waals surface area contributed by atoms with Gasteiger partial charge >= 0.3 is 0 Å². The van der Waals surface area contributed by atoms with Crippen molar-refractivity contribution in [2.45, 2.75) is 45.2 Å². The van der Waals surface area contributed by atoms with Crippen molar-refractivity contribution in [2.24, 2.45) is 5.92 Å². The summed E-state index contributed by atoms with van der Waals surface area (Å²) in [7, 11) is 0. The molecule has 4 heterocycles. The Hall–Kier alpha value is -1.53. The Balaban J connectivity index is 1.63. The zero-order valence-corrected chi connectivity index (χ0v) is 15.5. The van der Waals surface area contributed by atoms with Crippen LogP contribution in [0.1, 0.15) is 41.9 Å². The number of halogens is 2. The fraction of sp³-hybridized carbons (Fsp3) is 0.526. The summed E-state index contributed by atoms with van der Waals surface area (Å²) in [6.45, 7) is 7.92. The van der Waals surface area contributed by atoms with Crippen molar-refractivity contribution >= 4 is 27.3 Å². The number of rotatable bonds is 2. The van der Waals surface area contributed by atoms with E-state index in [2.05, 4.69) is 24.1 Å². The maximum atomic E-state index is 14.3. The van der Waals surface area contributed by atoms with Gasteiger partial charge in [-0.15, -0.1) is 11.3 Å². The van der Waals surface area contributed by atoms with Gasteiger partial charge < -0.3 is 5.32 Å². The maximum Gasteiger partial charge on any atom is 0.261 e. The van der Waals surface area contributed by atoms with Gasteiger partial charge in [0.1, 0.15) is 11.6 Å². The number of amides is 1. The molecule has 3 saturated heterocycles. The molecule has 2 aromatic rings. The Labute approximate surface area is 150 Å². The number of benzene rings is 1. The Bertz CT molecular complexity index is 853. The lowest BCUT2D eigenvalue weighted by Crippen LogP contribution is -2.69. The zero-order chi connectivity index (χ0) is 17.9. The molecule has 1 atom stereocenters. The van der Waals surface area contributed by atoms with E-state index in [9.17, 15) is 13.6 Å². The summed E-state index contributed by atoms with van der Waals surface area (Å²) in [5.41, 5.74) is -0.0820. The lowest BCUT2D eigenvalue weighted by Gasteiger charge is -2.56. The average molecular weight is 364 g/mol. The SMILES string of the molecule is Cc1c(F)cc2cc(C(=O)NC3C4CCN(CC4)C3(C)C)sc2c1F. The van der Waals surface area contributed by atoms with Crippen LogP contribution in [-0.4, -0.2) is 35.5 Å². The van der Waals surface area contributed by atoms with Crippen LogP contribution in [-0.2, 0) is 0 Å². The highest BCUT2D eigenvalue weighted by atomic mass is 32.1. The lowest BCUT2D eigenvalue weighted by molar-refractivity contribution is -0.0377. The molecule has 5 rings (SSSR count). The molecule has 0 aliphatic carbocycles. The van der Waals surface area contributed by atoms with Crippen LogP contribution in [0.3, 0.4) is 0 Å². The van der Waals surface area contributed by atoms with E-state index in [4.69, 9.17) is 0 Å². The van der Waals surface area contributed by atoms with E-state index in [1.54, 1.807) is 6.07 Å². The summed E-state index contributed by atoms with van der Waals surface area (Å²) in [5.74, 6) is -0.851. The third-order valence-electron chi connectivity index (χ3n) is 6.03. The molecule has 1 aromatic carbocycles. The highest BCUT2D eigenvalue weighted by Crippen LogP contribution is 2.39.